The summed E-state index contributed by atoms with van der Waals surface area (Å²) in [7, 11) is 0. The Kier molecular flexibility index (Phi) is 3.79. The third-order valence-corrected chi connectivity index (χ3v) is 8.19. The molecule has 0 aromatic heterocycles. The van der Waals surface area contributed by atoms with Crippen LogP contribution in [0, 0.1) is 22.7 Å². The summed E-state index contributed by atoms with van der Waals surface area (Å²) < 4.78 is 6.33. The van der Waals surface area contributed by atoms with Gasteiger partial charge in [-0.25, -0.2) is 0 Å². The first kappa shape index (κ1) is 16.5. The van der Waals surface area contributed by atoms with Crippen LogP contribution in [-0.4, -0.2) is 51.2 Å². The quantitative estimate of drug-likeness (QED) is 0.439. The molecular weight excluding hydrogens is 360 g/mol. The van der Waals surface area contributed by atoms with Gasteiger partial charge in [-0.15, -0.1) is 0 Å². The van der Waals surface area contributed by atoms with E-state index in [1.165, 1.54) is 0 Å². The second-order valence-electron chi connectivity index (χ2n) is 8.60. The lowest BCUT2D eigenvalue weighted by molar-refractivity contribution is -0.216. The van der Waals surface area contributed by atoms with Crippen molar-refractivity contribution in [2.45, 2.75) is 68.8 Å². The molecular formula is C18H27BrO4. The molecule has 23 heavy (non-hydrogen) atoms. The van der Waals surface area contributed by atoms with Crippen LogP contribution in [0.3, 0.4) is 0 Å². The van der Waals surface area contributed by atoms with Gasteiger partial charge in [0.15, 0.2) is 0 Å². The van der Waals surface area contributed by atoms with Crippen molar-refractivity contribution in [3.05, 3.63) is 11.6 Å². The van der Waals surface area contributed by atoms with E-state index < -0.39 is 18.3 Å². The fourth-order valence-corrected chi connectivity index (χ4v) is 6.84. The van der Waals surface area contributed by atoms with Gasteiger partial charge in [0.1, 0.15) is 0 Å². The van der Waals surface area contributed by atoms with Crippen molar-refractivity contribution in [1.29, 1.82) is 0 Å². The summed E-state index contributed by atoms with van der Waals surface area (Å²) in [5, 5.41) is 31.5. The molecule has 0 amide bonds. The molecule has 2 saturated carbocycles. The maximum Gasteiger partial charge on any atom is 0.0743 e. The van der Waals surface area contributed by atoms with Crippen molar-refractivity contribution >= 4 is 15.9 Å². The number of aliphatic hydroxyl groups is 3. The summed E-state index contributed by atoms with van der Waals surface area (Å²) in [5.41, 5.74) is 0.768. The predicted molar refractivity (Wildman–Crippen MR) is 90.2 cm³/mol. The minimum absolute atomic E-state index is 0.0203. The van der Waals surface area contributed by atoms with Crippen LogP contribution in [0.4, 0.5) is 0 Å². The highest BCUT2D eigenvalue weighted by molar-refractivity contribution is 9.09. The van der Waals surface area contributed by atoms with E-state index in [0.29, 0.717) is 13.0 Å². The van der Waals surface area contributed by atoms with Gasteiger partial charge in [0, 0.05) is 21.6 Å². The molecule has 0 radical (unpaired) electrons. The zero-order chi connectivity index (χ0) is 16.6. The van der Waals surface area contributed by atoms with Crippen LogP contribution in [0.1, 0.15) is 39.5 Å². The Morgan fingerprint density at radius 2 is 2.00 bits per heavy atom. The zero-order valence-corrected chi connectivity index (χ0v) is 15.4. The lowest BCUT2D eigenvalue weighted by Crippen LogP contribution is -2.61. The molecule has 4 nitrogen and oxygen atoms in total. The Morgan fingerprint density at radius 1 is 1.26 bits per heavy atom. The van der Waals surface area contributed by atoms with Gasteiger partial charge in [0.2, 0.25) is 0 Å². The molecule has 0 aromatic carbocycles. The van der Waals surface area contributed by atoms with E-state index in [4.69, 9.17) is 4.74 Å². The van der Waals surface area contributed by atoms with Crippen LogP contribution in [0.5, 0.6) is 0 Å². The number of halogens is 1. The zero-order valence-electron chi connectivity index (χ0n) is 13.8. The maximum atomic E-state index is 10.9. The third-order valence-electron chi connectivity index (χ3n) is 7.32. The number of rotatable bonds is 0. The number of ether oxygens (including phenoxy) is 1. The van der Waals surface area contributed by atoms with Gasteiger partial charge >= 0.3 is 0 Å². The first-order chi connectivity index (χ1) is 10.8. The van der Waals surface area contributed by atoms with Gasteiger partial charge in [-0.1, -0.05) is 41.4 Å². The van der Waals surface area contributed by atoms with Gasteiger partial charge in [-0.3, -0.25) is 0 Å². The third kappa shape index (κ3) is 2.16. The van der Waals surface area contributed by atoms with Crippen molar-refractivity contribution in [1.82, 2.24) is 0 Å². The molecule has 0 bridgehead atoms. The van der Waals surface area contributed by atoms with Crippen molar-refractivity contribution in [2.75, 3.05) is 6.61 Å². The van der Waals surface area contributed by atoms with Gasteiger partial charge in [-0.05, 0) is 31.6 Å². The van der Waals surface area contributed by atoms with Crippen molar-refractivity contribution in [3.63, 3.8) is 0 Å². The van der Waals surface area contributed by atoms with Crippen LogP contribution in [0.2, 0.25) is 0 Å². The molecule has 0 aromatic rings. The van der Waals surface area contributed by atoms with Crippen molar-refractivity contribution in [2.24, 2.45) is 22.7 Å². The molecule has 5 heteroatoms. The van der Waals surface area contributed by atoms with Gasteiger partial charge < -0.3 is 20.1 Å². The molecule has 3 N–H and O–H groups in total. The highest BCUT2D eigenvalue weighted by Gasteiger charge is 2.64. The summed E-state index contributed by atoms with van der Waals surface area (Å²) in [5.74, 6) is 0.323. The lowest BCUT2D eigenvalue weighted by atomic mass is 9.53. The van der Waals surface area contributed by atoms with Crippen LogP contribution in [-0.2, 0) is 4.74 Å². The number of alkyl halides is 1. The van der Waals surface area contributed by atoms with Gasteiger partial charge in [0.05, 0.1) is 31.0 Å². The minimum Gasteiger partial charge on any atom is -0.392 e. The van der Waals surface area contributed by atoms with Crippen molar-refractivity contribution in [3.8, 4) is 0 Å². The molecule has 1 saturated heterocycles. The van der Waals surface area contributed by atoms with E-state index in [1.54, 1.807) is 0 Å². The summed E-state index contributed by atoms with van der Waals surface area (Å²) >= 11 is 3.62. The Bertz CT molecular complexity index is 537. The first-order valence-corrected chi connectivity index (χ1v) is 9.70. The van der Waals surface area contributed by atoms with Crippen LogP contribution in [0.15, 0.2) is 11.6 Å². The Hall–Kier alpha value is 0.0600. The Labute approximate surface area is 146 Å². The van der Waals surface area contributed by atoms with E-state index in [0.717, 1.165) is 24.8 Å². The molecule has 3 aliphatic carbocycles. The second-order valence-corrected chi connectivity index (χ2v) is 9.78. The molecule has 9 atom stereocenters. The van der Waals surface area contributed by atoms with Crippen LogP contribution in [0.25, 0.3) is 0 Å². The average Bonchev–Trinajstić information content (AvgIpc) is 2.73. The monoisotopic (exact) mass is 386 g/mol. The van der Waals surface area contributed by atoms with Gasteiger partial charge in [0.25, 0.3) is 0 Å². The molecule has 130 valence electrons. The largest absolute Gasteiger partial charge is 0.392 e. The summed E-state index contributed by atoms with van der Waals surface area (Å²) in [6.45, 7) is 4.87. The van der Waals surface area contributed by atoms with E-state index in [-0.39, 0.29) is 33.6 Å². The van der Waals surface area contributed by atoms with Crippen molar-refractivity contribution < 1.29 is 20.1 Å². The summed E-state index contributed by atoms with van der Waals surface area (Å²) in [6.07, 6.45) is 3.80. The summed E-state index contributed by atoms with van der Waals surface area (Å²) in [6, 6.07) is 0. The highest BCUT2D eigenvalue weighted by Crippen LogP contribution is 2.61. The molecule has 4 aliphatic rings. The molecule has 0 spiro atoms. The number of hydrogen-bond acceptors (Lipinski definition) is 4. The minimum atomic E-state index is -0.459. The molecule has 3 unspecified atom stereocenters. The van der Waals surface area contributed by atoms with E-state index in [2.05, 4.69) is 29.8 Å². The molecule has 3 fully saturated rings. The Balaban J connectivity index is 1.73. The van der Waals surface area contributed by atoms with Crippen LogP contribution >= 0.6 is 15.9 Å². The first-order valence-electron chi connectivity index (χ1n) is 8.78. The number of fused-ring (bicyclic) bond motifs is 5. The fourth-order valence-electron chi connectivity index (χ4n) is 5.83. The van der Waals surface area contributed by atoms with E-state index >= 15 is 0 Å². The van der Waals surface area contributed by atoms with Gasteiger partial charge in [-0.2, -0.15) is 0 Å². The Morgan fingerprint density at radius 3 is 2.74 bits per heavy atom. The fraction of sp³-hybridized carbons (Fsp3) is 0.889. The lowest BCUT2D eigenvalue weighted by Gasteiger charge is -2.58. The highest BCUT2D eigenvalue weighted by atomic mass is 79.9. The predicted octanol–water partition coefficient (Wildman–Crippen LogP) is 2.00. The molecule has 4 rings (SSSR count). The van der Waals surface area contributed by atoms with E-state index in [1.807, 2.05) is 6.08 Å². The number of aliphatic hydroxyl groups excluding tert-OH is 3. The standard InChI is InChI=1S/C18H27BrO4/c1-17-4-3-10(20)5-9(17)6-13(21)14-11-7-12(19)15(22)18(11,2)8-23-16(14)17/h5,10-16,20-22H,3-4,6-8H2,1-2H3/t10-,11?,12+,13-,14?,15-,16?,17-,18-/m0/s1. The SMILES string of the molecule is C[C@]12CC[C@H](O)C=C1C[C@H](O)C1C2OC[C@@]2(C)C1C[C@@H](Br)[C@@H]2O. The maximum absolute atomic E-state index is 10.9. The topological polar surface area (TPSA) is 69.9 Å². The molecule has 1 heterocycles. The second kappa shape index (κ2) is 5.28. The van der Waals surface area contributed by atoms with E-state index in [9.17, 15) is 15.3 Å². The summed E-state index contributed by atoms with van der Waals surface area (Å²) in [4.78, 5) is 0.0740. The average molecular weight is 387 g/mol. The number of hydrogen-bond donors (Lipinski definition) is 3. The normalized spacial score (nSPS) is 58.9. The smallest absolute Gasteiger partial charge is 0.0743 e. The molecule has 1 aliphatic heterocycles. The van der Waals surface area contributed by atoms with Crippen LogP contribution < -0.4 is 0 Å².